The number of ether oxygens (including phenoxy) is 1. The Morgan fingerprint density at radius 3 is 2.48 bits per heavy atom. The van der Waals surface area contributed by atoms with Gasteiger partial charge in [-0.15, -0.1) is 0 Å². The molecule has 0 bridgehead atoms. The second kappa shape index (κ2) is 8.31. The van der Waals surface area contributed by atoms with Gasteiger partial charge in [0.05, 0.1) is 7.11 Å². The van der Waals surface area contributed by atoms with Gasteiger partial charge in [0.1, 0.15) is 11.8 Å². The molecule has 2 aliphatic heterocycles. The Kier molecular flexibility index (Phi) is 6.07. The summed E-state index contributed by atoms with van der Waals surface area (Å²) in [6, 6.07) is 15.4. The number of carbonyl (C=O) groups excluding carboxylic acids is 1. The average molecular weight is 432 g/mol. The van der Waals surface area contributed by atoms with Crippen molar-refractivity contribution in [3.8, 4) is 5.75 Å². The zero-order valence-electron chi connectivity index (χ0n) is 16.0. The molecule has 1 unspecified atom stereocenters. The summed E-state index contributed by atoms with van der Waals surface area (Å²) in [5.41, 5.74) is 1.77. The largest absolute Gasteiger partial charge is 0.497 e. The van der Waals surface area contributed by atoms with Crippen LogP contribution in [-0.4, -0.2) is 38.7 Å². The molecule has 5 nitrogen and oxygen atoms in total. The predicted octanol–water partition coefficient (Wildman–Crippen LogP) is 3.90. The third-order valence-electron chi connectivity index (χ3n) is 5.07. The Bertz CT molecular complexity index is 790. The van der Waals surface area contributed by atoms with Gasteiger partial charge in [0.15, 0.2) is 0 Å². The number of hydrogen-bond donors (Lipinski definition) is 2. The van der Waals surface area contributed by atoms with Crippen molar-refractivity contribution in [3.63, 3.8) is 0 Å². The highest BCUT2D eigenvalue weighted by atomic mass is 79.9. The summed E-state index contributed by atoms with van der Waals surface area (Å²) >= 11 is 3.45. The summed E-state index contributed by atoms with van der Waals surface area (Å²) in [5, 5.41) is 6.78. The number of benzene rings is 2. The molecule has 4 rings (SSSR count). The van der Waals surface area contributed by atoms with Crippen LogP contribution in [0.1, 0.15) is 13.8 Å². The van der Waals surface area contributed by atoms with Crippen molar-refractivity contribution in [1.82, 2.24) is 5.32 Å². The summed E-state index contributed by atoms with van der Waals surface area (Å²) in [6.07, 6.45) is 0. The van der Waals surface area contributed by atoms with Crippen LogP contribution in [0.5, 0.6) is 5.75 Å². The van der Waals surface area contributed by atoms with Crippen molar-refractivity contribution in [2.75, 3.05) is 37.0 Å². The van der Waals surface area contributed by atoms with E-state index >= 15 is 0 Å². The third-order valence-corrected chi connectivity index (χ3v) is 5.60. The van der Waals surface area contributed by atoms with Gasteiger partial charge in [-0.2, -0.15) is 0 Å². The van der Waals surface area contributed by atoms with Crippen LogP contribution in [0.2, 0.25) is 0 Å². The van der Waals surface area contributed by atoms with Gasteiger partial charge in [-0.1, -0.05) is 35.8 Å². The van der Waals surface area contributed by atoms with Crippen molar-refractivity contribution < 1.29 is 9.53 Å². The average Bonchev–Trinajstić information content (AvgIpc) is 2.97. The number of hydrogen-bond acceptors (Lipinski definition) is 4. The normalized spacial score (nSPS) is 19.9. The van der Waals surface area contributed by atoms with E-state index in [-0.39, 0.29) is 17.4 Å². The molecule has 2 aromatic rings. The Hall–Kier alpha value is -2.05. The first-order valence-electron chi connectivity index (χ1n) is 9.30. The molecule has 2 N–H and O–H groups in total. The minimum Gasteiger partial charge on any atom is -0.497 e. The van der Waals surface area contributed by atoms with E-state index in [0.717, 1.165) is 41.2 Å². The van der Waals surface area contributed by atoms with E-state index in [1.165, 1.54) is 0 Å². The number of halogens is 1. The van der Waals surface area contributed by atoms with E-state index in [0.29, 0.717) is 0 Å². The fraction of sp³-hybridized carbons (Fsp3) is 0.381. The molecule has 0 saturated carbocycles. The highest BCUT2D eigenvalue weighted by molar-refractivity contribution is 9.10. The van der Waals surface area contributed by atoms with E-state index in [4.69, 9.17) is 4.74 Å². The molecule has 1 spiro atoms. The first-order valence-corrected chi connectivity index (χ1v) is 10.1. The Labute approximate surface area is 169 Å². The maximum Gasteiger partial charge on any atom is 0.250 e. The summed E-state index contributed by atoms with van der Waals surface area (Å²) in [7, 11) is 1.65. The van der Waals surface area contributed by atoms with Gasteiger partial charge in [-0.05, 0) is 36.4 Å². The van der Waals surface area contributed by atoms with Gasteiger partial charge in [0.25, 0.3) is 0 Å². The predicted molar refractivity (Wildman–Crippen MR) is 114 cm³/mol. The van der Waals surface area contributed by atoms with Gasteiger partial charge in [-0.25, -0.2) is 0 Å². The molecule has 144 valence electrons. The van der Waals surface area contributed by atoms with Crippen LogP contribution in [0.4, 0.5) is 11.4 Å². The third kappa shape index (κ3) is 3.82. The zero-order valence-corrected chi connectivity index (χ0v) is 17.5. The molecule has 2 saturated heterocycles. The molecule has 2 fully saturated rings. The fourth-order valence-corrected chi connectivity index (χ4v) is 3.86. The lowest BCUT2D eigenvalue weighted by Crippen LogP contribution is -2.62. The van der Waals surface area contributed by atoms with Crippen molar-refractivity contribution in [1.29, 1.82) is 0 Å². The van der Waals surface area contributed by atoms with Crippen LogP contribution in [0.25, 0.3) is 0 Å². The Balaban J connectivity index is 0.00000102. The van der Waals surface area contributed by atoms with Gasteiger partial charge >= 0.3 is 0 Å². The molecule has 6 heteroatoms. The van der Waals surface area contributed by atoms with E-state index < -0.39 is 0 Å². The molecule has 2 aliphatic rings. The second-order valence-electron chi connectivity index (χ2n) is 6.68. The topological polar surface area (TPSA) is 53.6 Å². The number of nitrogens with one attached hydrogen (secondary N) is 2. The summed E-state index contributed by atoms with van der Waals surface area (Å²) < 4.78 is 6.30. The lowest BCUT2D eigenvalue weighted by Gasteiger charge is -2.42. The molecule has 1 atom stereocenters. The summed E-state index contributed by atoms with van der Waals surface area (Å²) in [5.74, 6) is 0.896. The smallest absolute Gasteiger partial charge is 0.250 e. The SMILES string of the molecule is CC.COc1cccc(NC2C(=O)N(c3ccc(Br)cc3)CC23CNC3)c1. The molecular formula is C21H26BrN3O2. The highest BCUT2D eigenvalue weighted by Crippen LogP contribution is 2.40. The van der Waals surface area contributed by atoms with Crippen molar-refractivity contribution in [3.05, 3.63) is 53.0 Å². The molecule has 27 heavy (non-hydrogen) atoms. The lowest BCUT2D eigenvalue weighted by atomic mass is 9.77. The minimum absolute atomic E-state index is 0.0762. The number of nitrogens with zero attached hydrogens (tertiary/aromatic N) is 1. The van der Waals surface area contributed by atoms with E-state index in [2.05, 4.69) is 26.6 Å². The molecule has 0 aliphatic carbocycles. The van der Waals surface area contributed by atoms with Crippen molar-refractivity contribution in [2.45, 2.75) is 19.9 Å². The van der Waals surface area contributed by atoms with Crippen molar-refractivity contribution in [2.24, 2.45) is 5.41 Å². The van der Waals surface area contributed by atoms with E-state index in [9.17, 15) is 4.79 Å². The second-order valence-corrected chi connectivity index (χ2v) is 7.59. The summed E-state index contributed by atoms with van der Waals surface area (Å²) in [6.45, 7) is 6.41. The number of carbonyl (C=O) groups is 1. The van der Waals surface area contributed by atoms with E-state index in [1.54, 1.807) is 7.11 Å². The molecule has 2 aromatic carbocycles. The summed E-state index contributed by atoms with van der Waals surface area (Å²) in [4.78, 5) is 15.0. The maximum absolute atomic E-state index is 13.2. The van der Waals surface area contributed by atoms with Gasteiger partial charge in [-0.3, -0.25) is 4.79 Å². The van der Waals surface area contributed by atoms with Crippen LogP contribution < -0.4 is 20.3 Å². The maximum atomic E-state index is 13.2. The molecular weight excluding hydrogens is 406 g/mol. The lowest BCUT2D eigenvalue weighted by molar-refractivity contribution is -0.119. The minimum atomic E-state index is -0.246. The molecule has 1 amide bonds. The van der Waals surface area contributed by atoms with Crippen LogP contribution in [-0.2, 0) is 4.79 Å². The number of amides is 1. The Morgan fingerprint density at radius 2 is 1.89 bits per heavy atom. The monoisotopic (exact) mass is 431 g/mol. The van der Waals surface area contributed by atoms with E-state index in [1.807, 2.05) is 67.3 Å². The highest BCUT2D eigenvalue weighted by Gasteiger charge is 2.56. The quantitative estimate of drug-likeness (QED) is 0.770. The standard InChI is InChI=1S/C19H20BrN3O2.C2H6/c1-25-16-4-2-3-14(9-16)22-17-18(24)23(12-19(17)10-21-11-19)15-7-5-13(20)6-8-15;1-2/h2-9,17,21-22H,10-12H2,1H3;1-2H3. The molecule has 2 heterocycles. The number of anilines is 2. The fourth-order valence-electron chi connectivity index (χ4n) is 3.60. The number of methoxy groups -OCH3 is 1. The molecule has 0 radical (unpaired) electrons. The zero-order chi connectivity index (χ0) is 19.4. The van der Waals surface area contributed by atoms with Gasteiger partial charge in [0, 0.05) is 47.0 Å². The molecule has 0 aromatic heterocycles. The van der Waals surface area contributed by atoms with Gasteiger partial charge < -0.3 is 20.3 Å². The Morgan fingerprint density at radius 1 is 1.19 bits per heavy atom. The van der Waals surface area contributed by atoms with Crippen molar-refractivity contribution >= 4 is 33.2 Å². The van der Waals surface area contributed by atoms with Crippen LogP contribution in [0.15, 0.2) is 53.0 Å². The van der Waals surface area contributed by atoms with Crippen LogP contribution >= 0.6 is 15.9 Å². The van der Waals surface area contributed by atoms with Crippen LogP contribution in [0.3, 0.4) is 0 Å². The van der Waals surface area contributed by atoms with Crippen LogP contribution in [0, 0.1) is 5.41 Å². The first-order chi connectivity index (χ1) is 13.1. The number of rotatable bonds is 4. The first kappa shape index (κ1) is 19.7. The van der Waals surface area contributed by atoms with Gasteiger partial charge in [0.2, 0.25) is 5.91 Å².